The fourth-order valence-corrected chi connectivity index (χ4v) is 4.24. The maximum Gasteiger partial charge on any atom is 0.290 e. The predicted molar refractivity (Wildman–Crippen MR) is 104 cm³/mol. The van der Waals surface area contributed by atoms with Crippen LogP contribution in [0.4, 0.5) is 10.1 Å². The van der Waals surface area contributed by atoms with E-state index in [1.807, 2.05) is 0 Å². The van der Waals surface area contributed by atoms with Crippen LogP contribution in [0.3, 0.4) is 0 Å². The van der Waals surface area contributed by atoms with E-state index in [4.69, 9.17) is 4.42 Å². The Labute approximate surface area is 171 Å². The van der Waals surface area contributed by atoms with Crippen LogP contribution in [-0.2, 0) is 0 Å². The molecule has 2 amide bonds. The van der Waals surface area contributed by atoms with Gasteiger partial charge in [-0.2, -0.15) is 0 Å². The highest BCUT2D eigenvalue weighted by atomic mass is 79.9. The molecule has 0 bridgehead atoms. The van der Waals surface area contributed by atoms with Gasteiger partial charge in [0, 0.05) is 12.2 Å². The molecule has 1 N–H and O–H groups in total. The lowest BCUT2D eigenvalue weighted by Gasteiger charge is -2.21. The molecule has 10 heteroatoms. The van der Waals surface area contributed by atoms with Gasteiger partial charge in [0.15, 0.2) is 10.4 Å². The summed E-state index contributed by atoms with van der Waals surface area (Å²) in [5, 5.41) is 11.4. The number of aromatic nitrogens is 2. The first-order valence-electron chi connectivity index (χ1n) is 8.48. The largest absolute Gasteiger partial charge is 0.444 e. The van der Waals surface area contributed by atoms with E-state index in [9.17, 15) is 14.0 Å². The topological polar surface area (TPSA) is 88.3 Å². The number of rotatable bonds is 4. The molecule has 7 nitrogen and oxygen atoms in total. The van der Waals surface area contributed by atoms with Gasteiger partial charge < -0.3 is 14.6 Å². The number of carbonyl (C=O) groups is 2. The summed E-state index contributed by atoms with van der Waals surface area (Å²) in [5.74, 6) is -0.901. The number of furan rings is 1. The Morgan fingerprint density at radius 1 is 1.29 bits per heavy atom. The minimum atomic E-state index is -0.472. The van der Waals surface area contributed by atoms with Crippen molar-refractivity contribution in [2.45, 2.75) is 18.9 Å². The highest BCUT2D eigenvalue weighted by Crippen LogP contribution is 2.35. The van der Waals surface area contributed by atoms with Crippen molar-refractivity contribution in [2.75, 3.05) is 11.9 Å². The van der Waals surface area contributed by atoms with Crippen molar-refractivity contribution in [1.82, 2.24) is 15.1 Å². The molecule has 1 fully saturated rings. The molecule has 0 radical (unpaired) electrons. The maximum absolute atomic E-state index is 13.3. The fourth-order valence-electron chi connectivity index (χ4n) is 3.05. The Morgan fingerprint density at radius 2 is 2.14 bits per heavy atom. The SMILES string of the molecule is O=C(Nc1cccc(F)c1)c1nnc(C2CCCN2C(=O)c2ccc(Br)o2)s1. The summed E-state index contributed by atoms with van der Waals surface area (Å²) in [6.07, 6.45) is 1.55. The fraction of sp³-hybridized carbons (Fsp3) is 0.222. The van der Waals surface area contributed by atoms with Crippen molar-refractivity contribution >= 4 is 44.8 Å². The van der Waals surface area contributed by atoms with Gasteiger partial charge >= 0.3 is 0 Å². The van der Waals surface area contributed by atoms with Gasteiger partial charge in [-0.1, -0.05) is 17.4 Å². The lowest BCUT2D eigenvalue weighted by molar-refractivity contribution is 0.0701. The first-order valence-corrected chi connectivity index (χ1v) is 10.1. The zero-order valence-electron chi connectivity index (χ0n) is 14.4. The van der Waals surface area contributed by atoms with Crippen molar-refractivity contribution in [3.05, 3.63) is 62.7 Å². The van der Waals surface area contributed by atoms with Crippen molar-refractivity contribution in [3.63, 3.8) is 0 Å². The summed E-state index contributed by atoms with van der Waals surface area (Å²) in [5.41, 5.74) is 0.336. The Hall–Kier alpha value is -2.59. The Kier molecular flexibility index (Phi) is 5.23. The lowest BCUT2D eigenvalue weighted by atomic mass is 10.2. The van der Waals surface area contributed by atoms with Gasteiger partial charge in [-0.3, -0.25) is 9.59 Å². The van der Waals surface area contributed by atoms with Crippen LogP contribution in [0.5, 0.6) is 0 Å². The van der Waals surface area contributed by atoms with Crippen molar-refractivity contribution in [3.8, 4) is 0 Å². The molecule has 2 aromatic heterocycles. The number of benzene rings is 1. The molecule has 1 saturated heterocycles. The number of hydrogen-bond donors (Lipinski definition) is 1. The second kappa shape index (κ2) is 7.80. The van der Waals surface area contributed by atoms with Crippen molar-refractivity contribution in [2.24, 2.45) is 0 Å². The number of nitrogens with one attached hydrogen (secondary N) is 1. The molecule has 144 valence electrons. The van der Waals surface area contributed by atoms with Crippen LogP contribution in [0.25, 0.3) is 0 Å². The molecule has 4 rings (SSSR count). The van der Waals surface area contributed by atoms with Crippen LogP contribution in [0.1, 0.15) is 44.2 Å². The zero-order chi connectivity index (χ0) is 19.7. The molecule has 1 atom stereocenters. The molecule has 1 aliphatic heterocycles. The number of hydrogen-bond acceptors (Lipinski definition) is 6. The minimum Gasteiger partial charge on any atom is -0.444 e. The number of likely N-dealkylation sites (tertiary alicyclic amines) is 1. The highest BCUT2D eigenvalue weighted by Gasteiger charge is 2.34. The van der Waals surface area contributed by atoms with Crippen molar-refractivity contribution in [1.29, 1.82) is 0 Å². The summed E-state index contributed by atoms with van der Waals surface area (Å²) in [4.78, 5) is 26.8. The first-order chi connectivity index (χ1) is 13.5. The van der Waals surface area contributed by atoms with E-state index >= 15 is 0 Å². The molecular weight excluding hydrogens is 451 g/mol. The third-order valence-corrected chi connectivity index (χ3v) is 5.75. The highest BCUT2D eigenvalue weighted by molar-refractivity contribution is 9.10. The van der Waals surface area contributed by atoms with Crippen LogP contribution >= 0.6 is 27.3 Å². The standard InChI is InChI=1S/C18H14BrFN4O3S/c19-14-7-6-13(27-14)18(26)24-8-2-5-12(24)16-22-23-17(28-16)15(25)21-11-4-1-3-10(20)9-11/h1,3-4,6-7,9,12H,2,5,8H2,(H,21,25). The third kappa shape index (κ3) is 3.83. The van der Waals surface area contributed by atoms with Crippen molar-refractivity contribution < 1.29 is 18.4 Å². The van der Waals surface area contributed by atoms with E-state index in [1.165, 1.54) is 18.2 Å². The van der Waals surface area contributed by atoms with E-state index in [-0.39, 0.29) is 22.7 Å². The molecule has 28 heavy (non-hydrogen) atoms. The van der Waals surface area contributed by atoms with Crippen LogP contribution in [0.15, 0.2) is 45.5 Å². The Balaban J connectivity index is 1.50. The molecule has 1 aliphatic rings. The summed E-state index contributed by atoms with van der Waals surface area (Å²) >= 11 is 4.32. The van der Waals surface area contributed by atoms with Crippen LogP contribution in [-0.4, -0.2) is 33.5 Å². The molecule has 0 saturated carbocycles. The van der Waals surface area contributed by atoms with Gasteiger partial charge in [-0.25, -0.2) is 4.39 Å². The molecular formula is C18H14BrFN4O3S. The monoisotopic (exact) mass is 464 g/mol. The quantitative estimate of drug-likeness (QED) is 0.622. The summed E-state index contributed by atoms with van der Waals surface area (Å²) < 4.78 is 19.1. The first kappa shape index (κ1) is 18.8. The second-order valence-corrected chi connectivity index (χ2v) is 7.96. The Bertz CT molecular complexity index is 1040. The van der Waals surface area contributed by atoms with E-state index in [1.54, 1.807) is 23.1 Å². The van der Waals surface area contributed by atoms with E-state index in [0.29, 0.717) is 21.9 Å². The second-order valence-electron chi connectivity index (χ2n) is 6.17. The number of amides is 2. The molecule has 1 aromatic carbocycles. The van der Waals surface area contributed by atoms with Crippen LogP contribution in [0, 0.1) is 5.82 Å². The van der Waals surface area contributed by atoms with Crippen LogP contribution in [0.2, 0.25) is 0 Å². The summed E-state index contributed by atoms with van der Waals surface area (Å²) in [7, 11) is 0. The maximum atomic E-state index is 13.3. The smallest absolute Gasteiger partial charge is 0.290 e. The molecule has 0 spiro atoms. The summed E-state index contributed by atoms with van der Waals surface area (Å²) in [6, 6.07) is 8.62. The Morgan fingerprint density at radius 3 is 2.89 bits per heavy atom. The van der Waals surface area contributed by atoms with Gasteiger partial charge in [0.05, 0.1) is 6.04 Å². The van der Waals surface area contributed by atoms with E-state index in [2.05, 4.69) is 31.4 Å². The molecule has 3 aromatic rings. The third-order valence-electron chi connectivity index (χ3n) is 4.30. The molecule has 0 aliphatic carbocycles. The van der Waals surface area contributed by atoms with Gasteiger partial charge in [0.1, 0.15) is 10.8 Å². The normalized spacial score (nSPS) is 16.4. The van der Waals surface area contributed by atoms with E-state index < -0.39 is 11.7 Å². The minimum absolute atomic E-state index is 0.152. The van der Waals surface area contributed by atoms with Gasteiger partial charge in [0.2, 0.25) is 5.01 Å². The molecule has 1 unspecified atom stereocenters. The van der Waals surface area contributed by atoms with Crippen LogP contribution < -0.4 is 5.32 Å². The predicted octanol–water partition coefficient (Wildman–Crippen LogP) is 4.26. The lowest BCUT2D eigenvalue weighted by Crippen LogP contribution is -2.30. The number of carbonyl (C=O) groups excluding carboxylic acids is 2. The number of nitrogens with zero attached hydrogens (tertiary/aromatic N) is 3. The average Bonchev–Trinajstić information content (AvgIpc) is 3.41. The van der Waals surface area contributed by atoms with E-state index in [0.717, 1.165) is 24.2 Å². The van der Waals surface area contributed by atoms with Gasteiger partial charge in [-0.15, -0.1) is 10.2 Å². The van der Waals surface area contributed by atoms with Gasteiger partial charge in [0.25, 0.3) is 11.8 Å². The number of halogens is 2. The van der Waals surface area contributed by atoms with Gasteiger partial charge in [-0.05, 0) is 59.1 Å². The average molecular weight is 465 g/mol. The summed E-state index contributed by atoms with van der Waals surface area (Å²) in [6.45, 7) is 0.576. The zero-order valence-corrected chi connectivity index (χ0v) is 16.8. The number of anilines is 1. The molecule has 3 heterocycles.